The molecule has 7 unspecified atom stereocenters. The second kappa shape index (κ2) is 6.63. The van der Waals surface area contributed by atoms with E-state index in [1.165, 1.54) is 39.0 Å². The molecular weight excluding hydrogens is 340 g/mol. The van der Waals surface area contributed by atoms with Crippen LogP contribution in [0.15, 0.2) is 11.8 Å². The smallest absolute Gasteiger partial charge is 0.307 e. The SMILES string of the molecule is CC(=O)OC1=CCC2(C)C(CCC3C2CCC2(C)C(OC(C)=O)CCC32)C1. The van der Waals surface area contributed by atoms with Crippen LogP contribution in [0.4, 0.5) is 0 Å². The van der Waals surface area contributed by atoms with Gasteiger partial charge in [-0.05, 0) is 80.1 Å². The third kappa shape index (κ3) is 3.03. The summed E-state index contributed by atoms with van der Waals surface area (Å²) < 4.78 is 11.2. The monoisotopic (exact) mass is 374 g/mol. The maximum absolute atomic E-state index is 11.6. The van der Waals surface area contributed by atoms with Crippen molar-refractivity contribution in [1.29, 1.82) is 0 Å². The van der Waals surface area contributed by atoms with Gasteiger partial charge in [0.05, 0.1) is 0 Å². The van der Waals surface area contributed by atoms with Gasteiger partial charge in [0.15, 0.2) is 0 Å². The van der Waals surface area contributed by atoms with E-state index in [2.05, 4.69) is 19.9 Å². The molecule has 3 fully saturated rings. The Morgan fingerprint density at radius 3 is 2.41 bits per heavy atom. The van der Waals surface area contributed by atoms with Gasteiger partial charge in [-0.15, -0.1) is 0 Å². The summed E-state index contributed by atoms with van der Waals surface area (Å²) in [6.07, 6.45) is 11.4. The molecule has 27 heavy (non-hydrogen) atoms. The van der Waals surface area contributed by atoms with Crippen molar-refractivity contribution >= 4 is 11.9 Å². The fourth-order valence-corrected chi connectivity index (χ4v) is 7.46. The van der Waals surface area contributed by atoms with Crippen LogP contribution in [-0.4, -0.2) is 18.0 Å². The van der Waals surface area contributed by atoms with Crippen LogP contribution in [0.5, 0.6) is 0 Å². The zero-order chi connectivity index (χ0) is 19.4. The third-order valence-electron chi connectivity index (χ3n) is 8.78. The summed E-state index contributed by atoms with van der Waals surface area (Å²) in [5.41, 5.74) is 0.469. The highest BCUT2D eigenvalue weighted by Crippen LogP contribution is 2.66. The predicted molar refractivity (Wildman–Crippen MR) is 103 cm³/mol. The van der Waals surface area contributed by atoms with Gasteiger partial charge in [-0.1, -0.05) is 13.8 Å². The van der Waals surface area contributed by atoms with Gasteiger partial charge in [-0.3, -0.25) is 9.59 Å². The van der Waals surface area contributed by atoms with Crippen LogP contribution in [0.3, 0.4) is 0 Å². The molecule has 150 valence electrons. The number of fused-ring (bicyclic) bond motifs is 5. The van der Waals surface area contributed by atoms with Gasteiger partial charge in [0, 0.05) is 25.7 Å². The Morgan fingerprint density at radius 2 is 1.70 bits per heavy atom. The molecule has 7 atom stereocenters. The molecule has 0 bridgehead atoms. The van der Waals surface area contributed by atoms with Crippen molar-refractivity contribution in [2.24, 2.45) is 34.5 Å². The lowest BCUT2D eigenvalue weighted by Gasteiger charge is -2.59. The highest BCUT2D eigenvalue weighted by molar-refractivity contribution is 5.67. The van der Waals surface area contributed by atoms with Crippen molar-refractivity contribution in [3.8, 4) is 0 Å². The van der Waals surface area contributed by atoms with Gasteiger partial charge in [0.1, 0.15) is 11.9 Å². The predicted octanol–water partition coefficient (Wildman–Crippen LogP) is 5.02. The Bertz CT molecular complexity index is 667. The second-order valence-corrected chi connectivity index (χ2v) is 10.0. The van der Waals surface area contributed by atoms with Crippen molar-refractivity contribution < 1.29 is 19.1 Å². The van der Waals surface area contributed by atoms with E-state index < -0.39 is 0 Å². The lowest BCUT2D eigenvalue weighted by molar-refractivity contribution is -0.160. The summed E-state index contributed by atoms with van der Waals surface area (Å²) in [5.74, 6) is 3.34. The van der Waals surface area contributed by atoms with Gasteiger partial charge < -0.3 is 9.47 Å². The first-order valence-electron chi connectivity index (χ1n) is 10.8. The van der Waals surface area contributed by atoms with Gasteiger partial charge in [0.25, 0.3) is 0 Å². The highest BCUT2D eigenvalue weighted by atomic mass is 16.5. The Hall–Kier alpha value is -1.32. The lowest BCUT2D eigenvalue weighted by atomic mass is 9.46. The molecule has 4 rings (SSSR count). The topological polar surface area (TPSA) is 52.6 Å². The Balaban J connectivity index is 1.55. The molecule has 3 saturated carbocycles. The summed E-state index contributed by atoms with van der Waals surface area (Å²) in [5, 5.41) is 0. The molecule has 0 spiro atoms. The number of allylic oxidation sites excluding steroid dienone is 2. The van der Waals surface area contributed by atoms with E-state index in [0.29, 0.717) is 17.3 Å². The van der Waals surface area contributed by atoms with E-state index in [-0.39, 0.29) is 23.5 Å². The molecule has 0 saturated heterocycles. The number of carbonyl (C=O) groups is 2. The summed E-state index contributed by atoms with van der Waals surface area (Å²) in [7, 11) is 0. The first-order valence-corrected chi connectivity index (χ1v) is 10.8. The maximum atomic E-state index is 11.6. The molecule has 0 aromatic heterocycles. The average Bonchev–Trinajstić information content (AvgIpc) is 2.91. The Kier molecular flexibility index (Phi) is 4.67. The first-order chi connectivity index (χ1) is 12.7. The number of hydrogen-bond donors (Lipinski definition) is 0. The van der Waals surface area contributed by atoms with E-state index in [4.69, 9.17) is 9.47 Å². The van der Waals surface area contributed by atoms with Crippen LogP contribution in [0.2, 0.25) is 0 Å². The second-order valence-electron chi connectivity index (χ2n) is 10.0. The number of esters is 2. The molecular formula is C23H34O4. The minimum absolute atomic E-state index is 0.105. The minimum Gasteiger partial charge on any atom is -0.462 e. The number of hydrogen-bond acceptors (Lipinski definition) is 4. The molecule has 0 N–H and O–H groups in total. The minimum atomic E-state index is -0.200. The zero-order valence-corrected chi connectivity index (χ0v) is 17.3. The van der Waals surface area contributed by atoms with Crippen LogP contribution in [0.1, 0.15) is 79.1 Å². The average molecular weight is 375 g/mol. The maximum Gasteiger partial charge on any atom is 0.307 e. The standard InChI is InChI=1S/C23H34O4/c1-14(24)26-17-9-11-22(3)16(13-17)5-6-18-19-7-8-21(27-15(2)25)23(19,4)12-10-20(18)22/h9,16,18-21H,5-8,10-13H2,1-4H3. The van der Waals surface area contributed by atoms with Crippen LogP contribution in [0.25, 0.3) is 0 Å². The highest BCUT2D eigenvalue weighted by Gasteiger charge is 2.60. The Morgan fingerprint density at radius 1 is 0.963 bits per heavy atom. The van der Waals surface area contributed by atoms with Gasteiger partial charge in [0.2, 0.25) is 0 Å². The van der Waals surface area contributed by atoms with Gasteiger partial charge >= 0.3 is 11.9 Å². The molecule has 4 heteroatoms. The summed E-state index contributed by atoms with van der Waals surface area (Å²) in [4.78, 5) is 22.9. The number of ether oxygens (including phenoxy) is 2. The first kappa shape index (κ1) is 19.0. The van der Waals surface area contributed by atoms with E-state index in [1.54, 1.807) is 6.92 Å². The van der Waals surface area contributed by atoms with Gasteiger partial charge in [-0.25, -0.2) is 0 Å². The van der Waals surface area contributed by atoms with E-state index in [9.17, 15) is 9.59 Å². The van der Waals surface area contributed by atoms with Crippen molar-refractivity contribution in [2.45, 2.75) is 85.2 Å². The Labute approximate surface area is 163 Å². The van der Waals surface area contributed by atoms with E-state index >= 15 is 0 Å². The molecule has 0 aromatic carbocycles. The molecule has 0 heterocycles. The molecule has 0 aliphatic heterocycles. The van der Waals surface area contributed by atoms with E-state index in [0.717, 1.165) is 36.9 Å². The molecule has 4 nitrogen and oxygen atoms in total. The van der Waals surface area contributed by atoms with Crippen molar-refractivity contribution in [1.82, 2.24) is 0 Å². The fourth-order valence-electron chi connectivity index (χ4n) is 7.46. The van der Waals surface area contributed by atoms with Crippen LogP contribution >= 0.6 is 0 Å². The number of carbonyl (C=O) groups excluding carboxylic acids is 2. The zero-order valence-electron chi connectivity index (χ0n) is 17.3. The summed E-state index contributed by atoms with van der Waals surface area (Å²) in [6, 6.07) is 0. The van der Waals surface area contributed by atoms with Crippen LogP contribution < -0.4 is 0 Å². The van der Waals surface area contributed by atoms with Crippen LogP contribution in [0, 0.1) is 34.5 Å². The molecule has 4 aliphatic carbocycles. The van der Waals surface area contributed by atoms with Crippen molar-refractivity contribution in [2.75, 3.05) is 0 Å². The normalized spacial score (nSPS) is 45.8. The van der Waals surface area contributed by atoms with Gasteiger partial charge in [-0.2, -0.15) is 0 Å². The van der Waals surface area contributed by atoms with Crippen LogP contribution in [-0.2, 0) is 19.1 Å². The molecule has 4 aliphatic rings. The molecule has 0 radical (unpaired) electrons. The fraction of sp³-hybridized carbons (Fsp3) is 0.826. The van der Waals surface area contributed by atoms with E-state index in [1.807, 2.05) is 0 Å². The van der Waals surface area contributed by atoms with Crippen molar-refractivity contribution in [3.05, 3.63) is 11.8 Å². The quantitative estimate of drug-likeness (QED) is 0.637. The largest absolute Gasteiger partial charge is 0.462 e. The number of rotatable bonds is 2. The summed E-state index contributed by atoms with van der Waals surface area (Å²) in [6.45, 7) is 7.90. The third-order valence-corrected chi connectivity index (χ3v) is 8.78. The molecule has 0 amide bonds. The summed E-state index contributed by atoms with van der Waals surface area (Å²) >= 11 is 0. The van der Waals surface area contributed by atoms with Crippen molar-refractivity contribution in [3.63, 3.8) is 0 Å². The molecule has 0 aromatic rings. The lowest BCUT2D eigenvalue weighted by Crippen LogP contribution is -2.53.